The van der Waals surface area contributed by atoms with Crippen LogP contribution in [0.4, 0.5) is 0 Å². The van der Waals surface area contributed by atoms with E-state index < -0.39 is 47.9 Å². The molecule has 6 atom stereocenters. The van der Waals surface area contributed by atoms with Gasteiger partial charge in [-0.2, -0.15) is 0 Å². The molecule has 0 radical (unpaired) electrons. The largest absolute Gasteiger partial charge is 0.480 e. The zero-order chi connectivity index (χ0) is 21.3. The van der Waals surface area contributed by atoms with Crippen LogP contribution >= 0.6 is 0 Å². The maximum atomic E-state index is 12.2. The predicted molar refractivity (Wildman–Crippen MR) is 102 cm³/mol. The Kier molecular flexibility index (Phi) is 10.6. The molecule has 0 fully saturated rings. The van der Waals surface area contributed by atoms with Gasteiger partial charge in [-0.1, -0.05) is 40.5 Å². The number of nitrogens with two attached hydrogens (primary N) is 1. The minimum Gasteiger partial charge on any atom is -0.480 e. The van der Waals surface area contributed by atoms with Gasteiger partial charge in [-0.3, -0.25) is 14.4 Å². The molecule has 0 aromatic heterocycles. The summed E-state index contributed by atoms with van der Waals surface area (Å²) in [4.78, 5) is 47.7. The molecule has 0 saturated heterocycles. The monoisotopic (exact) mass is 386 g/mol. The Morgan fingerprint density at radius 1 is 0.778 bits per heavy atom. The molecule has 0 spiro atoms. The van der Waals surface area contributed by atoms with Gasteiger partial charge in [0.25, 0.3) is 0 Å². The molecule has 27 heavy (non-hydrogen) atoms. The molecule has 0 bridgehead atoms. The fourth-order valence-corrected chi connectivity index (χ4v) is 2.25. The van der Waals surface area contributed by atoms with Crippen LogP contribution in [0.3, 0.4) is 0 Å². The summed E-state index contributed by atoms with van der Waals surface area (Å²) < 4.78 is 0. The zero-order valence-corrected chi connectivity index (χ0v) is 17.0. The van der Waals surface area contributed by atoms with Crippen LogP contribution in [0.15, 0.2) is 0 Å². The second kappa shape index (κ2) is 11.5. The van der Waals surface area contributed by atoms with E-state index in [4.69, 9.17) is 5.73 Å². The number of hydrogen-bond acceptors (Lipinski definition) is 5. The average Bonchev–Trinajstić information content (AvgIpc) is 2.62. The number of amides is 3. The summed E-state index contributed by atoms with van der Waals surface area (Å²) >= 11 is 0. The number of nitrogens with one attached hydrogen (secondary N) is 3. The third-order valence-corrected chi connectivity index (χ3v) is 4.84. The highest BCUT2D eigenvalue weighted by Gasteiger charge is 2.29. The van der Waals surface area contributed by atoms with Crippen molar-refractivity contribution in [2.45, 2.75) is 78.6 Å². The van der Waals surface area contributed by atoms with Crippen molar-refractivity contribution >= 4 is 23.7 Å². The van der Waals surface area contributed by atoms with Crippen molar-refractivity contribution in [3.63, 3.8) is 0 Å². The first-order valence-electron chi connectivity index (χ1n) is 9.35. The molecule has 3 amide bonds. The SMILES string of the molecule is CC[C@H](C)[C@H](N)C(=O)N[C@@H](C)C(=O)N[C@@H](C)C(=O)N[C@H](C(=O)O)[C@@H](C)CC. The van der Waals surface area contributed by atoms with Crippen molar-refractivity contribution in [3.05, 3.63) is 0 Å². The second-order valence-corrected chi connectivity index (χ2v) is 7.08. The highest BCUT2D eigenvalue weighted by atomic mass is 16.4. The molecule has 0 saturated carbocycles. The number of carbonyl (C=O) groups excluding carboxylic acids is 3. The Hall–Kier alpha value is -2.16. The molecule has 9 heteroatoms. The van der Waals surface area contributed by atoms with E-state index in [0.29, 0.717) is 6.42 Å². The van der Waals surface area contributed by atoms with Gasteiger partial charge >= 0.3 is 5.97 Å². The van der Waals surface area contributed by atoms with Crippen LogP contribution in [0.5, 0.6) is 0 Å². The fourth-order valence-electron chi connectivity index (χ4n) is 2.25. The van der Waals surface area contributed by atoms with Crippen LogP contribution in [0, 0.1) is 11.8 Å². The molecule has 0 aliphatic heterocycles. The van der Waals surface area contributed by atoms with E-state index in [1.54, 1.807) is 6.92 Å². The third-order valence-electron chi connectivity index (χ3n) is 4.84. The topological polar surface area (TPSA) is 151 Å². The smallest absolute Gasteiger partial charge is 0.326 e. The van der Waals surface area contributed by atoms with Gasteiger partial charge in [0, 0.05) is 0 Å². The van der Waals surface area contributed by atoms with E-state index in [1.807, 2.05) is 20.8 Å². The number of carboxylic acids is 1. The minimum absolute atomic E-state index is 0.0292. The van der Waals surface area contributed by atoms with E-state index >= 15 is 0 Å². The third kappa shape index (κ3) is 7.94. The van der Waals surface area contributed by atoms with Crippen molar-refractivity contribution in [2.75, 3.05) is 0 Å². The number of carbonyl (C=O) groups is 4. The van der Waals surface area contributed by atoms with Crippen molar-refractivity contribution in [1.82, 2.24) is 16.0 Å². The fraction of sp³-hybridized carbons (Fsp3) is 0.778. The molecule has 156 valence electrons. The van der Waals surface area contributed by atoms with Crippen molar-refractivity contribution < 1.29 is 24.3 Å². The molecule has 0 aromatic rings. The van der Waals surface area contributed by atoms with Crippen LogP contribution < -0.4 is 21.7 Å². The Bertz CT molecular complexity index is 540. The van der Waals surface area contributed by atoms with E-state index in [9.17, 15) is 24.3 Å². The maximum absolute atomic E-state index is 12.2. The summed E-state index contributed by atoms with van der Waals surface area (Å²) in [7, 11) is 0. The molecule has 0 aromatic carbocycles. The van der Waals surface area contributed by atoms with E-state index in [1.165, 1.54) is 13.8 Å². The van der Waals surface area contributed by atoms with Crippen molar-refractivity contribution in [2.24, 2.45) is 17.6 Å². The van der Waals surface area contributed by atoms with Gasteiger partial charge in [0.2, 0.25) is 17.7 Å². The zero-order valence-electron chi connectivity index (χ0n) is 17.0. The summed E-state index contributed by atoms with van der Waals surface area (Å²) in [5, 5.41) is 16.7. The molecule has 6 N–H and O–H groups in total. The van der Waals surface area contributed by atoms with Crippen LogP contribution in [0.2, 0.25) is 0 Å². The molecule has 0 unspecified atom stereocenters. The summed E-state index contributed by atoms with van der Waals surface area (Å²) in [6.07, 6.45) is 1.31. The Balaban J connectivity index is 4.72. The van der Waals surface area contributed by atoms with Gasteiger partial charge in [0.05, 0.1) is 6.04 Å². The van der Waals surface area contributed by atoms with Crippen molar-refractivity contribution in [3.8, 4) is 0 Å². The van der Waals surface area contributed by atoms with E-state index in [0.717, 1.165) is 6.42 Å². The number of carboxylic acid groups (broad SMARTS) is 1. The Labute approximate surface area is 160 Å². The molecule has 0 heterocycles. The van der Waals surface area contributed by atoms with Crippen LogP contribution in [0.25, 0.3) is 0 Å². The standard InChI is InChI=1S/C18H34N4O5/c1-7-9(3)13(19)17(25)21-11(5)15(23)20-12(6)16(24)22-14(18(26)27)10(4)8-2/h9-14H,7-8,19H2,1-6H3,(H,20,23)(H,21,25)(H,22,24)(H,26,27)/t9-,10-,11-,12-,13-,14-/m0/s1. The lowest BCUT2D eigenvalue weighted by Gasteiger charge is -2.24. The normalized spacial score (nSPS) is 17.6. The Morgan fingerprint density at radius 2 is 1.19 bits per heavy atom. The van der Waals surface area contributed by atoms with Gasteiger partial charge < -0.3 is 26.8 Å². The minimum atomic E-state index is -1.13. The van der Waals surface area contributed by atoms with E-state index in [-0.39, 0.29) is 11.8 Å². The van der Waals surface area contributed by atoms with Gasteiger partial charge in [0.1, 0.15) is 18.1 Å². The van der Waals surface area contributed by atoms with Crippen LogP contribution in [-0.4, -0.2) is 53.0 Å². The van der Waals surface area contributed by atoms with E-state index in [2.05, 4.69) is 16.0 Å². The molecule has 0 aliphatic rings. The van der Waals surface area contributed by atoms with Gasteiger partial charge in [0.15, 0.2) is 0 Å². The molecule has 0 aliphatic carbocycles. The highest BCUT2D eigenvalue weighted by Crippen LogP contribution is 2.08. The number of aliphatic carboxylic acids is 1. The molecule has 9 nitrogen and oxygen atoms in total. The molecule has 0 rings (SSSR count). The predicted octanol–water partition coefficient (Wildman–Crippen LogP) is -0.0153. The van der Waals surface area contributed by atoms with Gasteiger partial charge in [-0.15, -0.1) is 0 Å². The molecular weight excluding hydrogens is 352 g/mol. The second-order valence-electron chi connectivity index (χ2n) is 7.08. The Morgan fingerprint density at radius 3 is 1.59 bits per heavy atom. The number of rotatable bonds is 11. The number of hydrogen-bond donors (Lipinski definition) is 5. The van der Waals surface area contributed by atoms with Gasteiger partial charge in [-0.05, 0) is 25.7 Å². The summed E-state index contributed by atoms with van der Waals surface area (Å²) in [5.74, 6) is -3.01. The molecular formula is C18H34N4O5. The first-order chi connectivity index (χ1) is 12.5. The van der Waals surface area contributed by atoms with Gasteiger partial charge in [-0.25, -0.2) is 4.79 Å². The lowest BCUT2D eigenvalue weighted by molar-refractivity contribution is -0.143. The quantitative estimate of drug-likeness (QED) is 0.337. The van der Waals surface area contributed by atoms with Crippen LogP contribution in [-0.2, 0) is 19.2 Å². The van der Waals surface area contributed by atoms with Crippen molar-refractivity contribution in [1.29, 1.82) is 0 Å². The summed E-state index contributed by atoms with van der Waals surface area (Å²) in [6.45, 7) is 10.2. The highest BCUT2D eigenvalue weighted by molar-refractivity contribution is 5.93. The average molecular weight is 386 g/mol. The lowest BCUT2D eigenvalue weighted by Crippen LogP contribution is -2.56. The first kappa shape index (κ1) is 24.8. The first-order valence-corrected chi connectivity index (χ1v) is 9.35. The van der Waals surface area contributed by atoms with Crippen LogP contribution in [0.1, 0.15) is 54.4 Å². The summed E-state index contributed by atoms with van der Waals surface area (Å²) in [6, 6.07) is -3.59. The summed E-state index contributed by atoms with van der Waals surface area (Å²) in [5.41, 5.74) is 5.83. The maximum Gasteiger partial charge on any atom is 0.326 e. The lowest BCUT2D eigenvalue weighted by atomic mass is 9.99.